The molecule has 1 unspecified atom stereocenters. The Balaban J connectivity index is 2.46. The van der Waals surface area contributed by atoms with E-state index in [1.54, 1.807) is 18.9 Å². The molecule has 6 nitrogen and oxygen atoms in total. The molecule has 6 heteroatoms. The van der Waals surface area contributed by atoms with Gasteiger partial charge >= 0.3 is 0 Å². The van der Waals surface area contributed by atoms with Crippen LogP contribution in [0.1, 0.15) is 20.3 Å². The molecule has 1 N–H and O–H groups in total. The third kappa shape index (κ3) is 3.96. The van der Waals surface area contributed by atoms with Crippen molar-refractivity contribution in [1.29, 1.82) is 0 Å². The van der Waals surface area contributed by atoms with Crippen LogP contribution in [0.15, 0.2) is 0 Å². The molecule has 0 saturated carbocycles. The van der Waals surface area contributed by atoms with Gasteiger partial charge in [0.2, 0.25) is 5.91 Å². The summed E-state index contributed by atoms with van der Waals surface area (Å²) in [7, 11) is 1.62. The summed E-state index contributed by atoms with van der Waals surface area (Å²) in [5.74, 6) is -0.207. The average molecular weight is 258 g/mol. The predicted octanol–water partition coefficient (Wildman–Crippen LogP) is -0.223. The van der Waals surface area contributed by atoms with Crippen LogP contribution < -0.4 is 5.32 Å². The number of nitrogens with one attached hydrogen (secondary N) is 1. The summed E-state index contributed by atoms with van der Waals surface area (Å²) in [4.78, 5) is 25.0. The summed E-state index contributed by atoms with van der Waals surface area (Å²) in [6, 6.07) is 0. The van der Waals surface area contributed by atoms with Crippen molar-refractivity contribution in [2.75, 3.05) is 40.0 Å². The van der Waals surface area contributed by atoms with Gasteiger partial charge in [0, 0.05) is 33.7 Å². The van der Waals surface area contributed by atoms with Gasteiger partial charge in [-0.3, -0.25) is 9.59 Å². The van der Waals surface area contributed by atoms with Crippen molar-refractivity contribution in [3.05, 3.63) is 0 Å². The fourth-order valence-electron chi connectivity index (χ4n) is 1.88. The smallest absolute Gasteiger partial charge is 0.253 e. The molecular formula is C12H22N2O4. The van der Waals surface area contributed by atoms with E-state index in [-0.39, 0.29) is 11.8 Å². The molecule has 0 spiro atoms. The van der Waals surface area contributed by atoms with Crippen molar-refractivity contribution >= 4 is 11.8 Å². The van der Waals surface area contributed by atoms with Gasteiger partial charge in [0.1, 0.15) is 0 Å². The highest BCUT2D eigenvalue weighted by Gasteiger charge is 2.39. The van der Waals surface area contributed by atoms with Gasteiger partial charge < -0.3 is 19.7 Å². The fraction of sp³-hybridized carbons (Fsp3) is 0.833. The second kappa shape index (κ2) is 6.70. The van der Waals surface area contributed by atoms with Gasteiger partial charge in [0.25, 0.3) is 5.91 Å². The number of rotatable bonds is 5. The lowest BCUT2D eigenvalue weighted by molar-refractivity contribution is -0.162. The van der Waals surface area contributed by atoms with Crippen LogP contribution in [-0.4, -0.2) is 62.3 Å². The normalized spacial score (nSPS) is 23.8. The second-order valence-corrected chi connectivity index (χ2v) is 4.62. The Morgan fingerprint density at radius 1 is 1.50 bits per heavy atom. The van der Waals surface area contributed by atoms with Gasteiger partial charge in [-0.05, 0) is 13.3 Å². The molecule has 18 heavy (non-hydrogen) atoms. The average Bonchev–Trinajstić information content (AvgIpc) is 2.34. The Labute approximate surface area is 108 Å². The maximum atomic E-state index is 12.0. The number of carbonyl (C=O) groups is 2. The molecular weight excluding hydrogens is 236 g/mol. The number of methoxy groups -OCH3 is 1. The second-order valence-electron chi connectivity index (χ2n) is 4.62. The van der Waals surface area contributed by atoms with Crippen LogP contribution in [0.4, 0.5) is 0 Å². The van der Waals surface area contributed by atoms with Crippen LogP contribution in [0.25, 0.3) is 0 Å². The Kier molecular flexibility index (Phi) is 5.55. The van der Waals surface area contributed by atoms with E-state index in [1.807, 2.05) is 0 Å². The molecule has 0 radical (unpaired) electrons. The summed E-state index contributed by atoms with van der Waals surface area (Å²) >= 11 is 0. The Hall–Kier alpha value is -1.14. The van der Waals surface area contributed by atoms with Crippen molar-refractivity contribution in [3.8, 4) is 0 Å². The lowest BCUT2D eigenvalue weighted by Crippen LogP contribution is -2.59. The minimum absolute atomic E-state index is 0.0308. The van der Waals surface area contributed by atoms with Crippen LogP contribution in [-0.2, 0) is 19.1 Å². The molecule has 0 aromatic rings. The number of ether oxygens (including phenoxy) is 2. The molecule has 2 amide bonds. The van der Waals surface area contributed by atoms with E-state index >= 15 is 0 Å². The van der Waals surface area contributed by atoms with E-state index in [2.05, 4.69) is 5.32 Å². The molecule has 0 bridgehead atoms. The van der Waals surface area contributed by atoms with Gasteiger partial charge in [-0.25, -0.2) is 0 Å². The third-order valence-corrected chi connectivity index (χ3v) is 3.01. The van der Waals surface area contributed by atoms with E-state index in [9.17, 15) is 9.59 Å². The summed E-state index contributed by atoms with van der Waals surface area (Å²) < 4.78 is 10.4. The van der Waals surface area contributed by atoms with Crippen LogP contribution in [0.2, 0.25) is 0 Å². The largest absolute Gasteiger partial charge is 0.385 e. The first-order valence-electron chi connectivity index (χ1n) is 6.16. The molecule has 1 atom stereocenters. The fourth-order valence-corrected chi connectivity index (χ4v) is 1.88. The minimum atomic E-state index is -0.947. The van der Waals surface area contributed by atoms with Gasteiger partial charge in [0.15, 0.2) is 5.60 Å². The lowest BCUT2D eigenvalue weighted by atomic mass is 10.0. The predicted molar refractivity (Wildman–Crippen MR) is 66.1 cm³/mol. The Bertz CT molecular complexity index is 308. The zero-order valence-electron chi connectivity index (χ0n) is 11.3. The molecule has 104 valence electrons. The molecule has 1 aliphatic heterocycles. The van der Waals surface area contributed by atoms with Crippen molar-refractivity contribution in [2.24, 2.45) is 0 Å². The van der Waals surface area contributed by atoms with E-state index in [0.717, 1.165) is 6.42 Å². The van der Waals surface area contributed by atoms with Crippen LogP contribution >= 0.6 is 0 Å². The van der Waals surface area contributed by atoms with E-state index in [4.69, 9.17) is 9.47 Å². The number of hydrogen-bond donors (Lipinski definition) is 1. The zero-order chi connectivity index (χ0) is 13.6. The summed E-state index contributed by atoms with van der Waals surface area (Å²) in [5, 5.41) is 2.81. The number of amides is 2. The molecule has 0 aromatic carbocycles. The van der Waals surface area contributed by atoms with Crippen molar-refractivity contribution < 1.29 is 19.1 Å². The van der Waals surface area contributed by atoms with Crippen LogP contribution in [0.3, 0.4) is 0 Å². The third-order valence-electron chi connectivity index (χ3n) is 3.01. The van der Waals surface area contributed by atoms with E-state index in [1.165, 1.54) is 6.92 Å². The number of nitrogens with zero attached hydrogens (tertiary/aromatic N) is 1. The van der Waals surface area contributed by atoms with Crippen LogP contribution in [0, 0.1) is 0 Å². The first-order chi connectivity index (χ1) is 8.49. The zero-order valence-corrected chi connectivity index (χ0v) is 11.3. The molecule has 1 heterocycles. The maximum absolute atomic E-state index is 12.0. The van der Waals surface area contributed by atoms with Crippen molar-refractivity contribution in [3.63, 3.8) is 0 Å². The minimum Gasteiger partial charge on any atom is -0.385 e. The molecule has 1 rings (SSSR count). The topological polar surface area (TPSA) is 67.9 Å². The summed E-state index contributed by atoms with van der Waals surface area (Å²) in [5.41, 5.74) is -0.947. The number of carbonyl (C=O) groups excluding carboxylic acids is 2. The van der Waals surface area contributed by atoms with Gasteiger partial charge in [0.05, 0.1) is 13.2 Å². The number of morpholine rings is 1. The van der Waals surface area contributed by atoms with Crippen molar-refractivity contribution in [2.45, 2.75) is 25.9 Å². The monoisotopic (exact) mass is 258 g/mol. The van der Waals surface area contributed by atoms with Crippen molar-refractivity contribution in [1.82, 2.24) is 10.2 Å². The molecule has 1 fully saturated rings. The van der Waals surface area contributed by atoms with Crippen LogP contribution in [0.5, 0.6) is 0 Å². The molecule has 0 aromatic heterocycles. The Morgan fingerprint density at radius 3 is 2.83 bits per heavy atom. The number of hydrogen-bond acceptors (Lipinski definition) is 4. The quantitative estimate of drug-likeness (QED) is 0.692. The summed E-state index contributed by atoms with van der Waals surface area (Å²) in [6.45, 7) is 5.61. The highest BCUT2D eigenvalue weighted by molar-refractivity contribution is 5.86. The van der Waals surface area contributed by atoms with Gasteiger partial charge in [-0.1, -0.05) is 0 Å². The van der Waals surface area contributed by atoms with Gasteiger partial charge in [-0.15, -0.1) is 0 Å². The highest BCUT2D eigenvalue weighted by Crippen LogP contribution is 2.17. The SMILES string of the molecule is COCCCNC(=O)C1(C)CN(C(C)=O)CCO1. The first kappa shape index (κ1) is 14.9. The van der Waals surface area contributed by atoms with Gasteiger partial charge in [-0.2, -0.15) is 0 Å². The van der Waals surface area contributed by atoms with E-state index in [0.29, 0.717) is 32.8 Å². The highest BCUT2D eigenvalue weighted by atomic mass is 16.5. The maximum Gasteiger partial charge on any atom is 0.253 e. The molecule has 0 aliphatic carbocycles. The Morgan fingerprint density at radius 2 is 2.22 bits per heavy atom. The molecule has 1 saturated heterocycles. The lowest BCUT2D eigenvalue weighted by Gasteiger charge is -2.38. The van der Waals surface area contributed by atoms with E-state index < -0.39 is 5.60 Å². The standard InChI is InChI=1S/C12H22N2O4/c1-10(15)14-6-8-18-12(2,9-14)11(16)13-5-4-7-17-3/h4-9H2,1-3H3,(H,13,16). The first-order valence-corrected chi connectivity index (χ1v) is 6.16. The molecule has 1 aliphatic rings. The summed E-state index contributed by atoms with van der Waals surface area (Å²) in [6.07, 6.45) is 0.759.